The minimum absolute atomic E-state index is 0.00255. The summed E-state index contributed by atoms with van der Waals surface area (Å²) in [6.07, 6.45) is 20.2. The van der Waals surface area contributed by atoms with Gasteiger partial charge in [-0.15, -0.1) is 0 Å². The molecular weight excluding hydrogens is 430 g/mol. The molecule has 3 aliphatic rings. The van der Waals surface area contributed by atoms with Crippen molar-refractivity contribution in [3.05, 3.63) is 41.5 Å². The lowest BCUT2D eigenvalue weighted by Crippen LogP contribution is -2.35. The summed E-state index contributed by atoms with van der Waals surface area (Å²) in [5, 5.41) is 0. The van der Waals surface area contributed by atoms with Crippen molar-refractivity contribution >= 4 is 0 Å². The molecule has 4 rings (SSSR count). The SMILES string of the molecule is C/C=C/CCC1CCC(C2CCC(C3CCC(c4ccc(OCC)c(F)c4F)CO3)CC2)CC1. The molecule has 0 spiro atoms. The van der Waals surface area contributed by atoms with Gasteiger partial charge in [0.05, 0.1) is 19.3 Å². The molecule has 190 valence electrons. The normalized spacial score (nSPS) is 32.7. The van der Waals surface area contributed by atoms with Crippen LogP contribution in [0, 0.1) is 35.3 Å². The molecule has 34 heavy (non-hydrogen) atoms. The van der Waals surface area contributed by atoms with Gasteiger partial charge in [0.1, 0.15) is 0 Å². The fourth-order valence-electron chi connectivity index (χ4n) is 6.95. The van der Waals surface area contributed by atoms with Crippen molar-refractivity contribution in [1.82, 2.24) is 0 Å². The summed E-state index contributed by atoms with van der Waals surface area (Å²) in [5.74, 6) is 1.72. The van der Waals surface area contributed by atoms with Crippen molar-refractivity contribution < 1.29 is 18.3 Å². The van der Waals surface area contributed by atoms with Crippen LogP contribution in [0.15, 0.2) is 24.3 Å². The van der Waals surface area contributed by atoms with Crippen LogP contribution in [0.25, 0.3) is 0 Å². The smallest absolute Gasteiger partial charge is 0.200 e. The van der Waals surface area contributed by atoms with E-state index in [2.05, 4.69) is 19.1 Å². The summed E-state index contributed by atoms with van der Waals surface area (Å²) in [5.41, 5.74) is 0.435. The first kappa shape index (κ1) is 25.7. The molecule has 1 saturated heterocycles. The van der Waals surface area contributed by atoms with Gasteiger partial charge in [-0.2, -0.15) is 4.39 Å². The predicted octanol–water partition coefficient (Wildman–Crippen LogP) is 8.60. The molecule has 2 unspecified atom stereocenters. The van der Waals surface area contributed by atoms with Gasteiger partial charge < -0.3 is 9.47 Å². The van der Waals surface area contributed by atoms with Crippen molar-refractivity contribution in [3.8, 4) is 5.75 Å². The van der Waals surface area contributed by atoms with E-state index in [4.69, 9.17) is 9.47 Å². The first-order valence-corrected chi connectivity index (χ1v) is 13.9. The van der Waals surface area contributed by atoms with Gasteiger partial charge >= 0.3 is 0 Å². The van der Waals surface area contributed by atoms with Gasteiger partial charge in [-0.3, -0.25) is 0 Å². The van der Waals surface area contributed by atoms with E-state index >= 15 is 0 Å². The van der Waals surface area contributed by atoms with E-state index in [1.807, 2.05) is 0 Å². The highest BCUT2D eigenvalue weighted by Gasteiger charge is 2.36. The van der Waals surface area contributed by atoms with Crippen LogP contribution in [0.4, 0.5) is 8.78 Å². The summed E-state index contributed by atoms with van der Waals surface area (Å²) < 4.78 is 40.4. The van der Waals surface area contributed by atoms with Crippen LogP contribution >= 0.6 is 0 Å². The Morgan fingerprint density at radius 3 is 2.18 bits per heavy atom. The molecular formula is C30H44F2O2. The van der Waals surface area contributed by atoms with Gasteiger partial charge in [-0.1, -0.05) is 31.1 Å². The molecule has 0 aromatic heterocycles. The van der Waals surface area contributed by atoms with Crippen LogP contribution in [-0.4, -0.2) is 19.3 Å². The van der Waals surface area contributed by atoms with Crippen LogP contribution in [0.3, 0.4) is 0 Å². The second-order valence-electron chi connectivity index (χ2n) is 11.0. The van der Waals surface area contributed by atoms with Crippen molar-refractivity contribution in [3.63, 3.8) is 0 Å². The number of hydrogen-bond donors (Lipinski definition) is 0. The Bertz CT molecular complexity index is 783. The molecule has 2 nitrogen and oxygen atoms in total. The van der Waals surface area contributed by atoms with Crippen molar-refractivity contribution in [2.75, 3.05) is 13.2 Å². The van der Waals surface area contributed by atoms with Gasteiger partial charge in [-0.05, 0) is 113 Å². The molecule has 4 heteroatoms. The molecule has 0 bridgehead atoms. The predicted molar refractivity (Wildman–Crippen MR) is 134 cm³/mol. The molecule has 1 aliphatic heterocycles. The zero-order chi connectivity index (χ0) is 23.9. The lowest BCUT2D eigenvalue weighted by molar-refractivity contribution is -0.0469. The van der Waals surface area contributed by atoms with E-state index in [1.54, 1.807) is 19.1 Å². The average molecular weight is 475 g/mol. The van der Waals surface area contributed by atoms with Crippen LogP contribution in [0.1, 0.15) is 102 Å². The minimum Gasteiger partial charge on any atom is -0.491 e. The summed E-state index contributed by atoms with van der Waals surface area (Å²) in [6, 6.07) is 3.23. The number of ether oxygens (including phenoxy) is 2. The Kier molecular flexibility index (Phi) is 9.45. The molecule has 2 aliphatic carbocycles. The highest BCUT2D eigenvalue weighted by atomic mass is 19.2. The number of halogens is 2. The molecule has 1 aromatic rings. The van der Waals surface area contributed by atoms with Crippen LogP contribution < -0.4 is 4.74 Å². The molecule has 3 fully saturated rings. The standard InChI is InChI=1S/C30H44F2O2/c1-3-5-6-7-21-8-10-22(11-9-21)23-12-14-24(15-13-23)27-18-16-25(20-34-27)26-17-19-28(33-4-2)30(32)29(26)31/h3,5,17,19,21-25,27H,4,6-16,18,20H2,1-2H3/b5-3+. The van der Waals surface area contributed by atoms with Crippen LogP contribution in [-0.2, 0) is 4.74 Å². The van der Waals surface area contributed by atoms with Crippen LogP contribution in [0.2, 0.25) is 0 Å². The number of rotatable bonds is 8. The molecule has 0 amide bonds. The lowest BCUT2D eigenvalue weighted by Gasteiger charge is -2.41. The first-order chi connectivity index (χ1) is 16.6. The van der Waals surface area contributed by atoms with Gasteiger partial charge in [0.15, 0.2) is 11.6 Å². The number of hydrogen-bond acceptors (Lipinski definition) is 2. The Balaban J connectivity index is 1.20. The molecule has 1 aromatic carbocycles. The number of allylic oxidation sites excluding steroid dienone is 2. The summed E-state index contributed by atoms with van der Waals surface area (Å²) in [6.45, 7) is 4.70. The monoisotopic (exact) mass is 474 g/mol. The fourth-order valence-corrected chi connectivity index (χ4v) is 6.95. The second kappa shape index (κ2) is 12.5. The van der Waals surface area contributed by atoms with E-state index < -0.39 is 11.6 Å². The zero-order valence-corrected chi connectivity index (χ0v) is 21.2. The minimum atomic E-state index is -0.869. The van der Waals surface area contributed by atoms with Crippen molar-refractivity contribution in [1.29, 1.82) is 0 Å². The molecule has 2 saturated carbocycles. The second-order valence-corrected chi connectivity index (χ2v) is 11.0. The Labute approximate surface area is 205 Å². The first-order valence-electron chi connectivity index (χ1n) is 13.9. The van der Waals surface area contributed by atoms with Gasteiger partial charge in [0, 0.05) is 5.92 Å². The molecule has 1 heterocycles. The van der Waals surface area contributed by atoms with Crippen molar-refractivity contribution in [2.24, 2.45) is 23.7 Å². The summed E-state index contributed by atoms with van der Waals surface area (Å²) >= 11 is 0. The van der Waals surface area contributed by atoms with Crippen LogP contribution in [0.5, 0.6) is 5.75 Å². The zero-order valence-electron chi connectivity index (χ0n) is 21.2. The Hall–Kier alpha value is -1.42. The fraction of sp³-hybridized carbons (Fsp3) is 0.733. The Morgan fingerprint density at radius 2 is 1.56 bits per heavy atom. The summed E-state index contributed by atoms with van der Waals surface area (Å²) in [4.78, 5) is 0. The third-order valence-corrected chi connectivity index (χ3v) is 9.01. The maximum Gasteiger partial charge on any atom is 0.200 e. The lowest BCUT2D eigenvalue weighted by atomic mass is 9.67. The van der Waals surface area contributed by atoms with E-state index in [0.29, 0.717) is 24.7 Å². The highest BCUT2D eigenvalue weighted by molar-refractivity contribution is 5.33. The van der Waals surface area contributed by atoms with E-state index in [0.717, 1.165) is 30.6 Å². The maximum atomic E-state index is 14.6. The van der Waals surface area contributed by atoms with E-state index in [9.17, 15) is 8.78 Å². The summed E-state index contributed by atoms with van der Waals surface area (Å²) in [7, 11) is 0. The number of benzene rings is 1. The maximum absolute atomic E-state index is 14.6. The van der Waals surface area contributed by atoms with Crippen molar-refractivity contribution in [2.45, 2.75) is 103 Å². The third kappa shape index (κ3) is 6.22. The average Bonchev–Trinajstić information content (AvgIpc) is 2.88. The van der Waals surface area contributed by atoms with Gasteiger partial charge in [-0.25, -0.2) is 4.39 Å². The topological polar surface area (TPSA) is 18.5 Å². The molecule has 0 radical (unpaired) electrons. The van der Waals surface area contributed by atoms with Gasteiger partial charge in [0.2, 0.25) is 5.82 Å². The largest absolute Gasteiger partial charge is 0.491 e. The van der Waals surface area contributed by atoms with E-state index in [1.165, 1.54) is 64.2 Å². The van der Waals surface area contributed by atoms with E-state index in [-0.39, 0.29) is 17.8 Å². The quantitative estimate of drug-likeness (QED) is 0.351. The van der Waals surface area contributed by atoms with Gasteiger partial charge in [0.25, 0.3) is 0 Å². The molecule has 0 N–H and O–H groups in total. The highest BCUT2D eigenvalue weighted by Crippen LogP contribution is 2.45. The molecule has 2 atom stereocenters. The Morgan fingerprint density at radius 1 is 0.882 bits per heavy atom. The third-order valence-electron chi connectivity index (χ3n) is 9.01.